The van der Waals surface area contributed by atoms with Crippen LogP contribution in [0.5, 0.6) is 0 Å². The molecule has 1 unspecified atom stereocenters. The molecule has 1 aromatic rings. The molecule has 92 valence electrons. The lowest BCUT2D eigenvalue weighted by Crippen LogP contribution is -2.33. The Morgan fingerprint density at radius 2 is 2.19 bits per heavy atom. The third-order valence-electron chi connectivity index (χ3n) is 2.84. The fourth-order valence-corrected chi connectivity index (χ4v) is 1.82. The average Bonchev–Trinajstić information content (AvgIpc) is 2.81. The van der Waals surface area contributed by atoms with Gasteiger partial charge in [0, 0.05) is 13.1 Å². The van der Waals surface area contributed by atoms with Gasteiger partial charge in [0.05, 0.1) is 12.3 Å². The molecule has 0 spiro atoms. The molecule has 0 bridgehead atoms. The quantitative estimate of drug-likeness (QED) is 0.736. The SMILES string of the molecule is CCCN(CC)CCNC(C)c1ccco1. The maximum absolute atomic E-state index is 5.35. The highest BCUT2D eigenvalue weighted by atomic mass is 16.3. The Hall–Kier alpha value is -0.800. The summed E-state index contributed by atoms with van der Waals surface area (Å²) < 4.78 is 5.35. The van der Waals surface area contributed by atoms with Crippen molar-refractivity contribution in [1.29, 1.82) is 0 Å². The summed E-state index contributed by atoms with van der Waals surface area (Å²) in [5, 5.41) is 3.47. The molecule has 0 aromatic carbocycles. The fraction of sp³-hybridized carbons (Fsp3) is 0.692. The van der Waals surface area contributed by atoms with Gasteiger partial charge in [0.25, 0.3) is 0 Å². The predicted octanol–water partition coefficient (Wildman–Crippen LogP) is 2.66. The lowest BCUT2D eigenvalue weighted by atomic mass is 10.2. The van der Waals surface area contributed by atoms with Crippen LogP contribution in [0.1, 0.15) is 39.0 Å². The molecule has 0 aliphatic carbocycles. The maximum atomic E-state index is 5.35. The minimum atomic E-state index is 0.301. The predicted molar refractivity (Wildman–Crippen MR) is 67.5 cm³/mol. The normalized spacial score (nSPS) is 13.2. The highest BCUT2D eigenvalue weighted by Gasteiger charge is 2.07. The van der Waals surface area contributed by atoms with Crippen molar-refractivity contribution in [1.82, 2.24) is 10.2 Å². The smallest absolute Gasteiger partial charge is 0.120 e. The van der Waals surface area contributed by atoms with E-state index < -0.39 is 0 Å². The van der Waals surface area contributed by atoms with E-state index in [4.69, 9.17) is 4.42 Å². The Bertz CT molecular complexity index is 259. The van der Waals surface area contributed by atoms with E-state index in [2.05, 4.69) is 31.0 Å². The van der Waals surface area contributed by atoms with E-state index in [9.17, 15) is 0 Å². The summed E-state index contributed by atoms with van der Waals surface area (Å²) in [6.07, 6.45) is 2.95. The minimum Gasteiger partial charge on any atom is -0.468 e. The van der Waals surface area contributed by atoms with Gasteiger partial charge in [0.1, 0.15) is 5.76 Å². The Kier molecular flexibility index (Phi) is 6.19. The largest absolute Gasteiger partial charge is 0.468 e. The van der Waals surface area contributed by atoms with Gasteiger partial charge in [-0.05, 0) is 38.6 Å². The van der Waals surface area contributed by atoms with E-state index in [1.165, 1.54) is 13.0 Å². The summed E-state index contributed by atoms with van der Waals surface area (Å²) in [5.41, 5.74) is 0. The summed E-state index contributed by atoms with van der Waals surface area (Å²) in [4.78, 5) is 2.46. The average molecular weight is 224 g/mol. The molecule has 0 aliphatic heterocycles. The number of nitrogens with zero attached hydrogens (tertiary/aromatic N) is 1. The van der Waals surface area contributed by atoms with Crippen molar-refractivity contribution in [2.75, 3.05) is 26.2 Å². The van der Waals surface area contributed by atoms with Crippen molar-refractivity contribution >= 4 is 0 Å². The minimum absolute atomic E-state index is 0.301. The second-order valence-corrected chi connectivity index (χ2v) is 4.13. The molecule has 1 rings (SSSR count). The van der Waals surface area contributed by atoms with Gasteiger partial charge in [-0.3, -0.25) is 0 Å². The molecule has 16 heavy (non-hydrogen) atoms. The number of furan rings is 1. The highest BCUT2D eigenvalue weighted by Crippen LogP contribution is 2.11. The van der Waals surface area contributed by atoms with Gasteiger partial charge in [0.15, 0.2) is 0 Å². The molecule has 0 radical (unpaired) electrons. The molecule has 0 saturated carbocycles. The number of likely N-dealkylation sites (N-methyl/N-ethyl adjacent to an activating group) is 1. The molecule has 1 atom stereocenters. The first-order chi connectivity index (χ1) is 7.77. The molecule has 3 heteroatoms. The van der Waals surface area contributed by atoms with Gasteiger partial charge in [-0.15, -0.1) is 0 Å². The van der Waals surface area contributed by atoms with Crippen LogP contribution >= 0.6 is 0 Å². The molecule has 0 fully saturated rings. The van der Waals surface area contributed by atoms with Crippen LogP contribution < -0.4 is 5.32 Å². The third-order valence-corrected chi connectivity index (χ3v) is 2.84. The van der Waals surface area contributed by atoms with Gasteiger partial charge in [-0.2, -0.15) is 0 Å². The molecular formula is C13H24N2O. The Morgan fingerprint density at radius 3 is 2.75 bits per heavy atom. The zero-order valence-corrected chi connectivity index (χ0v) is 10.7. The topological polar surface area (TPSA) is 28.4 Å². The molecule has 1 aromatic heterocycles. The third kappa shape index (κ3) is 4.37. The van der Waals surface area contributed by atoms with Crippen molar-refractivity contribution < 1.29 is 4.42 Å². The molecule has 1 heterocycles. The van der Waals surface area contributed by atoms with Crippen LogP contribution in [-0.2, 0) is 0 Å². The van der Waals surface area contributed by atoms with Gasteiger partial charge in [0.2, 0.25) is 0 Å². The van der Waals surface area contributed by atoms with Crippen LogP contribution in [-0.4, -0.2) is 31.1 Å². The molecule has 0 aliphatic rings. The zero-order valence-electron chi connectivity index (χ0n) is 10.7. The highest BCUT2D eigenvalue weighted by molar-refractivity contribution is 5.02. The lowest BCUT2D eigenvalue weighted by Gasteiger charge is -2.20. The second kappa shape index (κ2) is 7.47. The lowest BCUT2D eigenvalue weighted by molar-refractivity contribution is 0.280. The van der Waals surface area contributed by atoms with Crippen molar-refractivity contribution in [3.05, 3.63) is 24.2 Å². The van der Waals surface area contributed by atoms with Crippen molar-refractivity contribution in [3.63, 3.8) is 0 Å². The standard InChI is InChI=1S/C13H24N2O/c1-4-9-15(5-2)10-8-14-12(3)13-7-6-11-16-13/h6-7,11-12,14H,4-5,8-10H2,1-3H3. The summed E-state index contributed by atoms with van der Waals surface area (Å²) in [5.74, 6) is 1.01. The first-order valence-corrected chi connectivity index (χ1v) is 6.27. The Balaban J connectivity index is 2.19. The Labute approximate surface area is 98.8 Å². The van der Waals surface area contributed by atoms with E-state index in [1.807, 2.05) is 12.1 Å². The first kappa shape index (κ1) is 13.3. The molecule has 0 amide bonds. The second-order valence-electron chi connectivity index (χ2n) is 4.13. The number of hydrogen-bond acceptors (Lipinski definition) is 3. The van der Waals surface area contributed by atoms with E-state index in [1.54, 1.807) is 6.26 Å². The van der Waals surface area contributed by atoms with Gasteiger partial charge in [-0.1, -0.05) is 13.8 Å². The zero-order chi connectivity index (χ0) is 11.8. The van der Waals surface area contributed by atoms with E-state index >= 15 is 0 Å². The molecule has 3 nitrogen and oxygen atoms in total. The van der Waals surface area contributed by atoms with Crippen LogP contribution in [0.3, 0.4) is 0 Å². The summed E-state index contributed by atoms with van der Waals surface area (Å²) >= 11 is 0. The van der Waals surface area contributed by atoms with Crippen LogP contribution in [0.15, 0.2) is 22.8 Å². The summed E-state index contributed by atoms with van der Waals surface area (Å²) in [6.45, 7) is 11.0. The molecular weight excluding hydrogens is 200 g/mol. The molecule has 1 N–H and O–H groups in total. The maximum Gasteiger partial charge on any atom is 0.120 e. The van der Waals surface area contributed by atoms with Crippen LogP contribution in [0.2, 0.25) is 0 Å². The van der Waals surface area contributed by atoms with E-state index in [-0.39, 0.29) is 0 Å². The summed E-state index contributed by atoms with van der Waals surface area (Å²) in [7, 11) is 0. The fourth-order valence-electron chi connectivity index (χ4n) is 1.82. The van der Waals surface area contributed by atoms with E-state index in [0.717, 1.165) is 25.4 Å². The number of hydrogen-bond donors (Lipinski definition) is 1. The molecule has 0 saturated heterocycles. The van der Waals surface area contributed by atoms with Gasteiger partial charge >= 0.3 is 0 Å². The van der Waals surface area contributed by atoms with Gasteiger partial charge in [-0.25, -0.2) is 0 Å². The number of nitrogens with one attached hydrogen (secondary N) is 1. The van der Waals surface area contributed by atoms with Crippen LogP contribution in [0.25, 0.3) is 0 Å². The van der Waals surface area contributed by atoms with Crippen molar-refractivity contribution in [2.24, 2.45) is 0 Å². The number of rotatable bonds is 8. The van der Waals surface area contributed by atoms with Crippen LogP contribution in [0, 0.1) is 0 Å². The summed E-state index contributed by atoms with van der Waals surface area (Å²) in [6, 6.07) is 4.25. The monoisotopic (exact) mass is 224 g/mol. The van der Waals surface area contributed by atoms with Crippen molar-refractivity contribution in [3.8, 4) is 0 Å². The van der Waals surface area contributed by atoms with E-state index in [0.29, 0.717) is 6.04 Å². The first-order valence-electron chi connectivity index (χ1n) is 6.27. The van der Waals surface area contributed by atoms with Crippen LogP contribution in [0.4, 0.5) is 0 Å². The van der Waals surface area contributed by atoms with Crippen molar-refractivity contribution in [2.45, 2.75) is 33.2 Å². The Morgan fingerprint density at radius 1 is 1.38 bits per heavy atom. The van der Waals surface area contributed by atoms with Gasteiger partial charge < -0.3 is 14.6 Å².